The minimum absolute atomic E-state index is 0.0180. The number of carboxylic acid groups (broad SMARTS) is 1. The van der Waals surface area contributed by atoms with E-state index in [0.717, 1.165) is 0 Å². The molecule has 0 saturated carbocycles. The van der Waals surface area contributed by atoms with E-state index in [-0.39, 0.29) is 11.8 Å². The minimum atomic E-state index is -0.865. The second-order valence-corrected chi connectivity index (χ2v) is 4.21. The van der Waals surface area contributed by atoms with Gasteiger partial charge >= 0.3 is 5.97 Å². The Morgan fingerprint density at radius 3 is 2.89 bits per heavy atom. The highest BCUT2D eigenvalue weighted by atomic mass is 16.4. The molecule has 0 saturated heterocycles. The maximum Gasteiger partial charge on any atom is 0.309 e. The van der Waals surface area contributed by atoms with Crippen molar-refractivity contribution < 1.29 is 14.6 Å². The van der Waals surface area contributed by atoms with Gasteiger partial charge in [0.25, 0.3) is 0 Å². The molecule has 19 heavy (non-hydrogen) atoms. The number of carbonyl (C=O) groups is 1. The molecule has 1 N–H and O–H groups in total. The summed E-state index contributed by atoms with van der Waals surface area (Å²) in [5.74, 6) is -0.865. The maximum atomic E-state index is 11.7. The molecular weight excluding hydrogens is 246 g/mol. The van der Waals surface area contributed by atoms with Crippen LogP contribution in [0, 0.1) is 0 Å². The van der Waals surface area contributed by atoms with Crippen molar-refractivity contribution in [3.05, 3.63) is 47.1 Å². The third-order valence-electron chi connectivity index (χ3n) is 2.70. The van der Waals surface area contributed by atoms with Crippen molar-refractivity contribution in [2.45, 2.75) is 13.0 Å². The van der Waals surface area contributed by atoms with Gasteiger partial charge in [0.2, 0.25) is 0 Å². The number of nitrogens with zero attached hydrogens (tertiary/aromatic N) is 3. The van der Waals surface area contributed by atoms with Crippen LogP contribution in [0.25, 0.3) is 11.1 Å². The number of aliphatic carboxylic acids is 1. The third-order valence-corrected chi connectivity index (χ3v) is 2.70. The topological polar surface area (TPSA) is 76.1 Å². The van der Waals surface area contributed by atoms with Gasteiger partial charge in [-0.05, 0) is 5.10 Å². The average Bonchev–Trinajstić information content (AvgIpc) is 2.40. The molecule has 0 aliphatic rings. The van der Waals surface area contributed by atoms with Crippen molar-refractivity contribution in [1.29, 1.82) is 0 Å². The van der Waals surface area contributed by atoms with E-state index in [1.807, 2.05) is 7.05 Å². The fourth-order valence-electron chi connectivity index (χ4n) is 1.69. The molecule has 0 bridgehead atoms. The van der Waals surface area contributed by atoms with Gasteiger partial charge in [0, 0.05) is 42.7 Å². The fraction of sp³-hybridized carbons (Fsp3) is 0.231. The van der Waals surface area contributed by atoms with E-state index in [0.29, 0.717) is 17.7 Å². The summed E-state index contributed by atoms with van der Waals surface area (Å²) in [5.41, 5.74) is 1.22. The summed E-state index contributed by atoms with van der Waals surface area (Å²) in [4.78, 5) is 22.2. The normalized spacial score (nSPS) is 10.4. The summed E-state index contributed by atoms with van der Waals surface area (Å²) >= 11 is 0. The quantitative estimate of drug-likeness (QED) is 0.797. The van der Waals surface area contributed by atoms with Crippen LogP contribution in [0.4, 0.5) is 0 Å². The smallest absolute Gasteiger partial charge is 0.309 e. The van der Waals surface area contributed by atoms with Crippen LogP contribution in [-0.2, 0) is 18.4 Å². The second kappa shape index (κ2) is 5.43. The predicted molar refractivity (Wildman–Crippen MR) is 67.4 cm³/mol. The zero-order valence-electron chi connectivity index (χ0n) is 10.5. The first-order chi connectivity index (χ1) is 9.06. The van der Waals surface area contributed by atoms with Crippen LogP contribution in [0.1, 0.15) is 6.42 Å². The van der Waals surface area contributed by atoms with E-state index in [4.69, 9.17) is 5.11 Å². The van der Waals surface area contributed by atoms with Gasteiger partial charge in [0.1, 0.15) is 12.6 Å². The molecule has 2 rings (SSSR count). The van der Waals surface area contributed by atoms with Crippen LogP contribution in [0.15, 0.2) is 41.7 Å². The molecule has 6 nitrogen and oxygen atoms in total. The van der Waals surface area contributed by atoms with E-state index in [2.05, 4.69) is 5.10 Å². The van der Waals surface area contributed by atoms with Crippen molar-refractivity contribution >= 4 is 5.97 Å². The van der Waals surface area contributed by atoms with Crippen LogP contribution in [0.2, 0.25) is 0 Å². The van der Waals surface area contributed by atoms with Gasteiger partial charge in [-0.1, -0.05) is 4.68 Å². The number of hydrogen-bond acceptors (Lipinski definition) is 3. The highest BCUT2D eigenvalue weighted by Gasteiger charge is 2.09. The first kappa shape index (κ1) is 12.9. The van der Waals surface area contributed by atoms with E-state index < -0.39 is 5.97 Å². The van der Waals surface area contributed by atoms with E-state index in [1.165, 1.54) is 10.7 Å². The molecule has 0 radical (unpaired) electrons. The molecule has 2 aromatic rings. The Morgan fingerprint density at radius 2 is 2.26 bits per heavy atom. The number of rotatable bonds is 4. The number of aromatic nitrogens is 3. The molecule has 6 heteroatoms. The first-order valence-electron chi connectivity index (χ1n) is 5.80. The predicted octanol–water partition coefficient (Wildman–Crippen LogP) is 0.209. The van der Waals surface area contributed by atoms with E-state index in [9.17, 15) is 9.59 Å². The molecule has 0 aliphatic heterocycles. The fourth-order valence-corrected chi connectivity index (χ4v) is 1.69. The summed E-state index contributed by atoms with van der Waals surface area (Å²) in [7, 11) is 1.84. The molecule has 0 atom stereocenters. The summed E-state index contributed by atoms with van der Waals surface area (Å²) < 4.78 is 3.33. The SMILES string of the molecule is Cn1ccc(=O)c(-c2cc[n+](CCC(=O)O)nc2)c1. The lowest BCUT2D eigenvalue weighted by molar-refractivity contribution is -0.752. The number of hydrogen-bond donors (Lipinski definition) is 1. The standard InChI is InChI=1S/C13H13N3O3/c1-15-5-3-12(17)11(9-15)10-2-6-16(14-8-10)7-4-13(18)19/h2-3,5-6,8-9H,4,7H2,1H3/p+1. The highest BCUT2D eigenvalue weighted by Crippen LogP contribution is 2.11. The molecule has 98 valence electrons. The molecule has 0 unspecified atom stereocenters. The molecule has 0 amide bonds. The molecule has 2 aromatic heterocycles. The van der Waals surface area contributed by atoms with Gasteiger partial charge in [0.05, 0.1) is 0 Å². The number of aryl methyl sites for hydroxylation is 2. The summed E-state index contributed by atoms with van der Waals surface area (Å²) in [6.45, 7) is 0.308. The summed E-state index contributed by atoms with van der Waals surface area (Å²) in [6.07, 6.45) is 6.68. The molecule has 0 aliphatic carbocycles. The summed E-state index contributed by atoms with van der Waals surface area (Å²) in [5, 5.41) is 12.7. The second-order valence-electron chi connectivity index (χ2n) is 4.21. The van der Waals surface area contributed by atoms with Gasteiger partial charge < -0.3 is 9.67 Å². The van der Waals surface area contributed by atoms with Crippen LogP contribution in [0.3, 0.4) is 0 Å². The van der Waals surface area contributed by atoms with Crippen molar-refractivity contribution in [3.8, 4) is 11.1 Å². The average molecular weight is 260 g/mol. The van der Waals surface area contributed by atoms with Gasteiger partial charge in [-0.15, -0.1) is 0 Å². The monoisotopic (exact) mass is 260 g/mol. The third kappa shape index (κ3) is 3.25. The van der Waals surface area contributed by atoms with Gasteiger partial charge in [0.15, 0.2) is 18.2 Å². The lowest BCUT2D eigenvalue weighted by Crippen LogP contribution is -2.38. The van der Waals surface area contributed by atoms with Crippen molar-refractivity contribution in [2.24, 2.45) is 7.05 Å². The van der Waals surface area contributed by atoms with Crippen molar-refractivity contribution in [2.75, 3.05) is 0 Å². The number of pyridine rings is 1. The van der Waals surface area contributed by atoms with Crippen LogP contribution in [-0.4, -0.2) is 20.7 Å². The van der Waals surface area contributed by atoms with Crippen LogP contribution >= 0.6 is 0 Å². The Bertz CT molecular complexity index is 647. The highest BCUT2D eigenvalue weighted by molar-refractivity contribution is 5.66. The Balaban J connectivity index is 2.25. The molecular formula is C13H14N3O3+. The van der Waals surface area contributed by atoms with Gasteiger partial charge in [-0.3, -0.25) is 9.59 Å². The van der Waals surface area contributed by atoms with E-state index in [1.54, 1.807) is 35.4 Å². The lowest BCUT2D eigenvalue weighted by Gasteiger charge is -2.02. The molecule has 0 fully saturated rings. The number of carboxylic acids is 1. The molecule has 2 heterocycles. The minimum Gasteiger partial charge on any atom is -0.481 e. The van der Waals surface area contributed by atoms with Gasteiger partial charge in [-0.2, -0.15) is 0 Å². The molecule has 0 aromatic carbocycles. The van der Waals surface area contributed by atoms with Crippen molar-refractivity contribution in [1.82, 2.24) is 9.67 Å². The Morgan fingerprint density at radius 1 is 1.47 bits per heavy atom. The summed E-state index contributed by atoms with van der Waals surface area (Å²) in [6, 6.07) is 3.26. The lowest BCUT2D eigenvalue weighted by atomic mass is 10.1. The Hall–Kier alpha value is -2.50. The zero-order valence-corrected chi connectivity index (χ0v) is 10.5. The van der Waals surface area contributed by atoms with Gasteiger partial charge in [-0.25, -0.2) is 0 Å². The Kier molecular flexibility index (Phi) is 3.70. The van der Waals surface area contributed by atoms with Crippen LogP contribution in [0.5, 0.6) is 0 Å². The van der Waals surface area contributed by atoms with Crippen molar-refractivity contribution in [3.63, 3.8) is 0 Å². The maximum absolute atomic E-state index is 11.7. The zero-order chi connectivity index (χ0) is 13.8. The largest absolute Gasteiger partial charge is 0.481 e. The van der Waals surface area contributed by atoms with Crippen LogP contribution < -0.4 is 10.1 Å². The first-order valence-corrected chi connectivity index (χ1v) is 5.80. The van der Waals surface area contributed by atoms with E-state index >= 15 is 0 Å². The Labute approximate surface area is 109 Å². The molecule has 0 spiro atoms.